The number of aromatic nitrogens is 1. The Kier molecular flexibility index (Phi) is 3.76. The van der Waals surface area contributed by atoms with Gasteiger partial charge < -0.3 is 0 Å². The summed E-state index contributed by atoms with van der Waals surface area (Å²) in [5.41, 5.74) is 3.17. The molecule has 0 aliphatic carbocycles. The zero-order valence-corrected chi connectivity index (χ0v) is 10.5. The Labute approximate surface area is 96.3 Å². The van der Waals surface area contributed by atoms with Crippen molar-refractivity contribution in [2.75, 3.05) is 13.1 Å². The normalized spacial score (nSPS) is 22.7. The smallest absolute Gasteiger partial charge is 0.0795 e. The van der Waals surface area contributed by atoms with Crippen LogP contribution in [0.2, 0.25) is 0 Å². The van der Waals surface area contributed by atoms with E-state index in [0.717, 1.165) is 18.4 Å². The van der Waals surface area contributed by atoms with Gasteiger partial charge in [0.2, 0.25) is 0 Å². The van der Waals surface area contributed by atoms with Crippen molar-refractivity contribution in [2.45, 2.75) is 33.2 Å². The minimum Gasteiger partial charge on any atom is -0.297 e. The Morgan fingerprint density at radius 3 is 3.13 bits per heavy atom. The molecular formula is C12H20N2S. The molecule has 0 saturated carbocycles. The maximum absolute atomic E-state index is 4.34. The maximum atomic E-state index is 4.34. The van der Waals surface area contributed by atoms with Gasteiger partial charge in [0.25, 0.3) is 0 Å². The molecule has 0 amide bonds. The summed E-state index contributed by atoms with van der Waals surface area (Å²) in [6, 6.07) is 0. The molecule has 0 spiro atoms. The molecule has 2 heterocycles. The predicted octanol–water partition coefficient (Wildman–Crippen LogP) is 3.01. The quantitative estimate of drug-likeness (QED) is 0.781. The summed E-state index contributed by atoms with van der Waals surface area (Å²) < 4.78 is 0. The molecule has 3 heteroatoms. The second-order valence-electron chi connectivity index (χ2n) is 5.00. The summed E-state index contributed by atoms with van der Waals surface area (Å²) in [4.78, 5) is 6.89. The third-order valence-electron chi connectivity index (χ3n) is 3.04. The van der Waals surface area contributed by atoms with Gasteiger partial charge in [-0.3, -0.25) is 4.90 Å². The summed E-state index contributed by atoms with van der Waals surface area (Å²) in [5.74, 6) is 1.76. The van der Waals surface area contributed by atoms with Gasteiger partial charge in [0, 0.05) is 18.5 Å². The van der Waals surface area contributed by atoms with Crippen LogP contribution in [0.15, 0.2) is 10.9 Å². The van der Waals surface area contributed by atoms with Crippen molar-refractivity contribution in [3.8, 4) is 0 Å². The molecule has 15 heavy (non-hydrogen) atoms. The molecule has 1 aliphatic heterocycles. The van der Waals surface area contributed by atoms with Crippen LogP contribution in [0.3, 0.4) is 0 Å². The molecule has 0 N–H and O–H groups in total. The van der Waals surface area contributed by atoms with E-state index in [-0.39, 0.29) is 0 Å². The van der Waals surface area contributed by atoms with E-state index in [1.54, 1.807) is 11.3 Å². The Bertz CT molecular complexity index is 282. The van der Waals surface area contributed by atoms with Gasteiger partial charge >= 0.3 is 0 Å². The van der Waals surface area contributed by atoms with Crippen LogP contribution in [0.4, 0.5) is 0 Å². The number of hydrogen-bond acceptors (Lipinski definition) is 3. The third-order valence-corrected chi connectivity index (χ3v) is 3.68. The first kappa shape index (κ1) is 11.1. The lowest BCUT2D eigenvalue weighted by molar-refractivity contribution is 0.303. The summed E-state index contributed by atoms with van der Waals surface area (Å²) >= 11 is 1.70. The zero-order valence-electron chi connectivity index (χ0n) is 9.65. The van der Waals surface area contributed by atoms with Crippen LogP contribution in [0.5, 0.6) is 0 Å². The van der Waals surface area contributed by atoms with Crippen LogP contribution in [-0.4, -0.2) is 23.0 Å². The maximum Gasteiger partial charge on any atom is 0.0795 e. The second kappa shape index (κ2) is 5.08. The molecule has 2 rings (SSSR count). The van der Waals surface area contributed by atoms with Crippen LogP contribution in [0.1, 0.15) is 32.4 Å². The molecule has 1 aliphatic rings. The van der Waals surface area contributed by atoms with Crippen LogP contribution >= 0.6 is 11.3 Å². The van der Waals surface area contributed by atoms with Gasteiger partial charge in [0.05, 0.1) is 11.2 Å². The lowest BCUT2D eigenvalue weighted by Gasteiger charge is -2.15. The van der Waals surface area contributed by atoms with Crippen LogP contribution in [0, 0.1) is 11.8 Å². The first-order valence-corrected chi connectivity index (χ1v) is 6.77. The van der Waals surface area contributed by atoms with Crippen LogP contribution in [0.25, 0.3) is 0 Å². The number of thiazole rings is 1. The highest BCUT2D eigenvalue weighted by atomic mass is 32.1. The lowest BCUT2D eigenvalue weighted by Crippen LogP contribution is -2.20. The Morgan fingerprint density at radius 2 is 2.47 bits per heavy atom. The van der Waals surface area contributed by atoms with Gasteiger partial charge in [-0.25, -0.2) is 4.98 Å². The topological polar surface area (TPSA) is 16.1 Å². The number of nitrogens with zero attached hydrogens (tertiary/aromatic N) is 2. The SMILES string of the molecule is CC(C)CC1CCN(Cc2cscn2)C1. The summed E-state index contributed by atoms with van der Waals surface area (Å²) in [6.07, 6.45) is 2.76. The molecule has 1 unspecified atom stereocenters. The Morgan fingerprint density at radius 1 is 1.60 bits per heavy atom. The van der Waals surface area contributed by atoms with E-state index in [0.29, 0.717) is 0 Å². The van der Waals surface area contributed by atoms with Gasteiger partial charge in [-0.05, 0) is 31.2 Å². The average Bonchev–Trinajstić information content (AvgIpc) is 2.77. The highest BCUT2D eigenvalue weighted by Gasteiger charge is 2.23. The van der Waals surface area contributed by atoms with E-state index < -0.39 is 0 Å². The number of rotatable bonds is 4. The molecular weight excluding hydrogens is 204 g/mol. The lowest BCUT2D eigenvalue weighted by atomic mass is 9.97. The van der Waals surface area contributed by atoms with Crippen molar-refractivity contribution in [2.24, 2.45) is 11.8 Å². The van der Waals surface area contributed by atoms with Gasteiger partial charge in [-0.2, -0.15) is 0 Å². The van der Waals surface area contributed by atoms with Gasteiger partial charge in [-0.1, -0.05) is 13.8 Å². The minimum absolute atomic E-state index is 0.842. The van der Waals surface area contributed by atoms with E-state index in [1.165, 1.54) is 31.6 Å². The second-order valence-corrected chi connectivity index (χ2v) is 5.72. The van der Waals surface area contributed by atoms with E-state index in [4.69, 9.17) is 0 Å². The number of likely N-dealkylation sites (tertiary alicyclic amines) is 1. The standard InChI is InChI=1S/C12H20N2S/c1-10(2)5-11-3-4-14(6-11)7-12-8-15-9-13-12/h8-11H,3-7H2,1-2H3. The van der Waals surface area contributed by atoms with Gasteiger partial charge in [-0.15, -0.1) is 11.3 Å². The molecule has 1 aromatic rings. The molecule has 0 bridgehead atoms. The van der Waals surface area contributed by atoms with Gasteiger partial charge in [0.15, 0.2) is 0 Å². The fraction of sp³-hybridized carbons (Fsp3) is 0.750. The van der Waals surface area contributed by atoms with Crippen molar-refractivity contribution in [3.63, 3.8) is 0 Å². The third kappa shape index (κ3) is 3.28. The minimum atomic E-state index is 0.842. The van der Waals surface area contributed by atoms with E-state index >= 15 is 0 Å². The monoisotopic (exact) mass is 224 g/mol. The number of hydrogen-bond donors (Lipinski definition) is 0. The average molecular weight is 224 g/mol. The van der Waals surface area contributed by atoms with E-state index in [2.05, 4.69) is 29.1 Å². The van der Waals surface area contributed by atoms with Crippen LogP contribution in [-0.2, 0) is 6.54 Å². The summed E-state index contributed by atoms with van der Waals surface area (Å²) in [6.45, 7) is 8.23. The zero-order chi connectivity index (χ0) is 10.7. The first-order chi connectivity index (χ1) is 7.24. The van der Waals surface area contributed by atoms with Crippen molar-refractivity contribution in [3.05, 3.63) is 16.6 Å². The molecule has 1 saturated heterocycles. The Balaban J connectivity index is 1.78. The van der Waals surface area contributed by atoms with Gasteiger partial charge in [0.1, 0.15) is 0 Å². The van der Waals surface area contributed by atoms with Crippen molar-refractivity contribution in [1.82, 2.24) is 9.88 Å². The Hall–Kier alpha value is -0.410. The van der Waals surface area contributed by atoms with E-state index in [9.17, 15) is 0 Å². The van der Waals surface area contributed by atoms with Crippen molar-refractivity contribution >= 4 is 11.3 Å². The van der Waals surface area contributed by atoms with E-state index in [1.807, 2.05) is 5.51 Å². The largest absolute Gasteiger partial charge is 0.297 e. The fourth-order valence-corrected chi connectivity index (χ4v) is 3.01. The van der Waals surface area contributed by atoms with Crippen molar-refractivity contribution in [1.29, 1.82) is 0 Å². The molecule has 0 aromatic carbocycles. The molecule has 1 fully saturated rings. The first-order valence-electron chi connectivity index (χ1n) is 5.83. The van der Waals surface area contributed by atoms with Crippen molar-refractivity contribution < 1.29 is 0 Å². The summed E-state index contributed by atoms with van der Waals surface area (Å²) in [5, 5.41) is 2.16. The predicted molar refractivity (Wildman–Crippen MR) is 65.0 cm³/mol. The van der Waals surface area contributed by atoms with Crippen LogP contribution < -0.4 is 0 Å². The highest BCUT2D eigenvalue weighted by Crippen LogP contribution is 2.24. The molecule has 0 radical (unpaired) electrons. The molecule has 2 nitrogen and oxygen atoms in total. The highest BCUT2D eigenvalue weighted by molar-refractivity contribution is 7.07. The fourth-order valence-electron chi connectivity index (χ4n) is 2.46. The molecule has 1 aromatic heterocycles. The summed E-state index contributed by atoms with van der Waals surface area (Å²) in [7, 11) is 0. The molecule has 84 valence electrons. The molecule has 1 atom stereocenters.